The molecule has 3 heterocycles. The fourth-order valence-corrected chi connectivity index (χ4v) is 3.93. The SMILES string of the molecule is Cc1ccc2cc(C(=O)N3CCCC(C(=O)N4CCOCC4)C3)[nH]c2c1. The molecule has 4 rings (SSSR count). The normalized spacial score (nSPS) is 21.2. The molecule has 6 heteroatoms. The highest BCUT2D eigenvalue weighted by molar-refractivity contribution is 5.98. The Bertz CT molecular complexity index is 823. The van der Waals surface area contributed by atoms with Gasteiger partial charge in [-0.15, -0.1) is 0 Å². The van der Waals surface area contributed by atoms with Crippen molar-refractivity contribution in [3.8, 4) is 0 Å². The lowest BCUT2D eigenvalue weighted by atomic mass is 9.96. The number of H-pyrrole nitrogens is 1. The van der Waals surface area contributed by atoms with Gasteiger partial charge in [0, 0.05) is 37.1 Å². The van der Waals surface area contributed by atoms with Gasteiger partial charge < -0.3 is 19.5 Å². The van der Waals surface area contributed by atoms with Crippen LogP contribution in [-0.4, -0.2) is 66.0 Å². The molecule has 2 amide bonds. The number of carbonyl (C=O) groups excluding carboxylic acids is 2. The van der Waals surface area contributed by atoms with E-state index >= 15 is 0 Å². The maximum Gasteiger partial charge on any atom is 0.270 e. The largest absolute Gasteiger partial charge is 0.378 e. The summed E-state index contributed by atoms with van der Waals surface area (Å²) in [5.41, 5.74) is 2.74. The van der Waals surface area contributed by atoms with E-state index in [4.69, 9.17) is 4.74 Å². The molecule has 0 bridgehead atoms. The van der Waals surface area contributed by atoms with Gasteiger partial charge in [0.25, 0.3) is 5.91 Å². The van der Waals surface area contributed by atoms with Crippen molar-refractivity contribution in [1.82, 2.24) is 14.8 Å². The molecule has 1 aromatic carbocycles. The molecular weight excluding hydrogens is 330 g/mol. The highest BCUT2D eigenvalue weighted by Crippen LogP contribution is 2.23. The first-order valence-corrected chi connectivity index (χ1v) is 9.37. The van der Waals surface area contributed by atoms with Crippen molar-refractivity contribution in [3.63, 3.8) is 0 Å². The number of nitrogens with one attached hydrogen (secondary N) is 1. The van der Waals surface area contributed by atoms with Crippen LogP contribution in [0, 0.1) is 12.8 Å². The molecule has 0 aliphatic carbocycles. The fraction of sp³-hybridized carbons (Fsp3) is 0.500. The predicted octanol–water partition coefficient (Wildman–Crippen LogP) is 2.19. The molecule has 6 nitrogen and oxygen atoms in total. The minimum atomic E-state index is -0.0996. The summed E-state index contributed by atoms with van der Waals surface area (Å²) in [6.07, 6.45) is 1.72. The molecule has 2 aromatic rings. The summed E-state index contributed by atoms with van der Waals surface area (Å²) in [4.78, 5) is 32.7. The first kappa shape index (κ1) is 17.1. The van der Waals surface area contributed by atoms with Crippen LogP contribution in [0.2, 0.25) is 0 Å². The number of fused-ring (bicyclic) bond motifs is 1. The number of aromatic nitrogens is 1. The maximum absolute atomic E-state index is 12.9. The van der Waals surface area contributed by atoms with Gasteiger partial charge >= 0.3 is 0 Å². The third-order valence-corrected chi connectivity index (χ3v) is 5.39. The number of amides is 2. The van der Waals surface area contributed by atoms with E-state index in [0.29, 0.717) is 45.1 Å². The maximum atomic E-state index is 12.9. The first-order chi connectivity index (χ1) is 12.6. The Labute approximate surface area is 153 Å². The van der Waals surface area contributed by atoms with E-state index in [1.807, 2.05) is 41.0 Å². The van der Waals surface area contributed by atoms with Gasteiger partial charge in [-0.1, -0.05) is 12.1 Å². The molecule has 2 aliphatic heterocycles. The number of nitrogens with zero attached hydrogens (tertiary/aromatic N) is 2. The highest BCUT2D eigenvalue weighted by atomic mass is 16.5. The zero-order valence-corrected chi connectivity index (χ0v) is 15.2. The molecule has 0 radical (unpaired) electrons. The summed E-state index contributed by atoms with van der Waals surface area (Å²) < 4.78 is 5.33. The second-order valence-electron chi connectivity index (χ2n) is 7.30. The first-order valence-electron chi connectivity index (χ1n) is 9.37. The van der Waals surface area contributed by atoms with Gasteiger partial charge in [-0.05, 0) is 37.5 Å². The average Bonchev–Trinajstić information content (AvgIpc) is 3.10. The van der Waals surface area contributed by atoms with Crippen LogP contribution in [0.15, 0.2) is 24.3 Å². The summed E-state index contributed by atoms with van der Waals surface area (Å²) >= 11 is 0. The second-order valence-corrected chi connectivity index (χ2v) is 7.30. The Balaban J connectivity index is 1.47. The quantitative estimate of drug-likeness (QED) is 0.898. The van der Waals surface area contributed by atoms with E-state index in [9.17, 15) is 9.59 Å². The van der Waals surface area contributed by atoms with Crippen LogP contribution in [0.4, 0.5) is 0 Å². The van der Waals surface area contributed by atoms with Crippen LogP contribution in [0.5, 0.6) is 0 Å². The number of carbonyl (C=O) groups is 2. The van der Waals surface area contributed by atoms with Crippen molar-refractivity contribution in [1.29, 1.82) is 0 Å². The molecular formula is C20H25N3O3. The van der Waals surface area contributed by atoms with Gasteiger partial charge in [0.15, 0.2) is 0 Å². The molecule has 1 aromatic heterocycles. The predicted molar refractivity (Wildman–Crippen MR) is 99.1 cm³/mol. The van der Waals surface area contributed by atoms with E-state index < -0.39 is 0 Å². The summed E-state index contributed by atoms with van der Waals surface area (Å²) in [7, 11) is 0. The second kappa shape index (κ2) is 7.11. The standard InChI is InChI=1S/C20H25N3O3/c1-14-4-5-15-12-18(21-17(15)11-14)20(25)23-6-2-3-16(13-23)19(24)22-7-9-26-10-8-22/h4-5,11-12,16,21H,2-3,6-10,13H2,1H3. The number of likely N-dealkylation sites (tertiary alicyclic amines) is 1. The van der Waals surface area contributed by atoms with E-state index in [2.05, 4.69) is 4.98 Å². The lowest BCUT2D eigenvalue weighted by molar-refractivity contribution is -0.141. The van der Waals surface area contributed by atoms with Crippen LogP contribution in [-0.2, 0) is 9.53 Å². The number of hydrogen-bond acceptors (Lipinski definition) is 3. The van der Waals surface area contributed by atoms with Crippen LogP contribution < -0.4 is 0 Å². The van der Waals surface area contributed by atoms with E-state index in [1.165, 1.54) is 0 Å². The summed E-state index contributed by atoms with van der Waals surface area (Å²) in [5.74, 6) is 0.0498. The topological polar surface area (TPSA) is 65.6 Å². The van der Waals surface area contributed by atoms with E-state index in [-0.39, 0.29) is 17.7 Å². The Kier molecular flexibility index (Phi) is 4.68. The average molecular weight is 355 g/mol. The molecule has 1 atom stereocenters. The van der Waals surface area contributed by atoms with Gasteiger partial charge in [-0.3, -0.25) is 9.59 Å². The molecule has 138 valence electrons. The van der Waals surface area contributed by atoms with Crippen LogP contribution >= 0.6 is 0 Å². The van der Waals surface area contributed by atoms with Crippen LogP contribution in [0.3, 0.4) is 0 Å². The number of hydrogen-bond donors (Lipinski definition) is 1. The van der Waals surface area contributed by atoms with Gasteiger partial charge in [-0.25, -0.2) is 0 Å². The highest BCUT2D eigenvalue weighted by Gasteiger charge is 2.32. The van der Waals surface area contributed by atoms with Gasteiger partial charge in [0.05, 0.1) is 19.1 Å². The van der Waals surface area contributed by atoms with Crippen molar-refractivity contribution in [2.24, 2.45) is 5.92 Å². The summed E-state index contributed by atoms with van der Waals surface area (Å²) in [6.45, 7) is 5.78. The molecule has 0 spiro atoms. The van der Waals surface area contributed by atoms with E-state index in [1.54, 1.807) is 0 Å². The van der Waals surface area contributed by atoms with Crippen LogP contribution in [0.1, 0.15) is 28.9 Å². The van der Waals surface area contributed by atoms with Crippen molar-refractivity contribution >= 4 is 22.7 Å². The summed E-state index contributed by atoms with van der Waals surface area (Å²) in [6, 6.07) is 8.03. The molecule has 26 heavy (non-hydrogen) atoms. The monoisotopic (exact) mass is 355 g/mol. The Morgan fingerprint density at radius 3 is 2.73 bits per heavy atom. The third kappa shape index (κ3) is 3.33. The Morgan fingerprint density at radius 2 is 1.92 bits per heavy atom. The molecule has 0 saturated carbocycles. The smallest absolute Gasteiger partial charge is 0.270 e. The molecule has 2 aliphatic rings. The van der Waals surface area contributed by atoms with Crippen molar-refractivity contribution in [2.45, 2.75) is 19.8 Å². The Hall–Kier alpha value is -2.34. The minimum absolute atomic E-state index is 0.0154. The molecule has 1 N–H and O–H groups in total. The lowest BCUT2D eigenvalue weighted by Crippen LogP contribution is -2.49. The number of aryl methyl sites for hydroxylation is 1. The number of ether oxygens (including phenoxy) is 1. The van der Waals surface area contributed by atoms with Crippen molar-refractivity contribution < 1.29 is 14.3 Å². The third-order valence-electron chi connectivity index (χ3n) is 5.39. The van der Waals surface area contributed by atoms with Gasteiger partial charge in [0.1, 0.15) is 5.69 Å². The number of rotatable bonds is 2. The lowest BCUT2D eigenvalue weighted by Gasteiger charge is -2.36. The fourth-order valence-electron chi connectivity index (χ4n) is 3.93. The number of piperidine rings is 1. The zero-order valence-electron chi connectivity index (χ0n) is 15.2. The Morgan fingerprint density at radius 1 is 1.12 bits per heavy atom. The minimum Gasteiger partial charge on any atom is -0.378 e. The number of benzene rings is 1. The number of morpholine rings is 1. The van der Waals surface area contributed by atoms with Gasteiger partial charge in [0.2, 0.25) is 5.91 Å². The van der Waals surface area contributed by atoms with Crippen LogP contribution in [0.25, 0.3) is 10.9 Å². The summed E-state index contributed by atoms with van der Waals surface area (Å²) in [5, 5.41) is 1.04. The molecule has 2 saturated heterocycles. The molecule has 1 unspecified atom stereocenters. The molecule has 2 fully saturated rings. The van der Waals surface area contributed by atoms with E-state index in [0.717, 1.165) is 29.3 Å². The van der Waals surface area contributed by atoms with Gasteiger partial charge in [-0.2, -0.15) is 0 Å². The number of aromatic amines is 1. The van der Waals surface area contributed by atoms with Crippen molar-refractivity contribution in [2.75, 3.05) is 39.4 Å². The van der Waals surface area contributed by atoms with Crippen molar-refractivity contribution in [3.05, 3.63) is 35.5 Å². The zero-order chi connectivity index (χ0) is 18.1.